The summed E-state index contributed by atoms with van der Waals surface area (Å²) in [6.45, 7) is -0.187. The highest BCUT2D eigenvalue weighted by Crippen LogP contribution is 2.50. The van der Waals surface area contributed by atoms with Gasteiger partial charge in [0.15, 0.2) is 5.82 Å². The van der Waals surface area contributed by atoms with Crippen LogP contribution < -0.4 is 15.3 Å². The molecule has 0 spiro atoms. The van der Waals surface area contributed by atoms with Crippen LogP contribution in [0, 0.1) is 11.3 Å². The van der Waals surface area contributed by atoms with Crippen molar-refractivity contribution in [2.24, 2.45) is 0 Å². The van der Waals surface area contributed by atoms with Gasteiger partial charge in [0.1, 0.15) is 48.5 Å². The lowest BCUT2D eigenvalue weighted by atomic mass is 9.92. The second-order valence-corrected chi connectivity index (χ2v) is 9.84. The number of nitrogens with two attached hydrogens (primary N) is 1. The first-order valence-corrected chi connectivity index (χ1v) is 12.2. The molecule has 1 aliphatic rings. The average Bonchev–Trinajstić information content (AvgIpc) is 3.39. The minimum atomic E-state index is -4.62. The third kappa shape index (κ3) is 4.74. The number of carboxylic acid groups (broad SMARTS) is 1. The largest absolute Gasteiger partial charge is 0.480 e. The van der Waals surface area contributed by atoms with E-state index in [0.29, 0.717) is 0 Å². The van der Waals surface area contributed by atoms with Gasteiger partial charge in [-0.15, -0.1) is 0 Å². The van der Waals surface area contributed by atoms with E-state index in [1.165, 1.54) is 36.4 Å². The number of nitrogens with one attached hydrogen (secondary N) is 1. The molecule has 1 aromatic carbocycles. The maximum atomic E-state index is 16.0. The number of hydrogen-bond donors (Lipinski definition) is 5. The Morgan fingerprint density at radius 3 is 2.70 bits per heavy atom. The predicted octanol–water partition coefficient (Wildman–Crippen LogP) is 0.715. The monoisotopic (exact) mass is 536 g/mol. The molecule has 0 radical (unpaired) electrons. The van der Waals surface area contributed by atoms with Crippen molar-refractivity contribution >= 4 is 25.1 Å². The van der Waals surface area contributed by atoms with Gasteiger partial charge in [-0.2, -0.15) is 15.4 Å². The van der Waals surface area contributed by atoms with Crippen molar-refractivity contribution in [3.63, 3.8) is 0 Å². The van der Waals surface area contributed by atoms with E-state index in [-0.39, 0.29) is 22.8 Å². The third-order valence-electron chi connectivity index (χ3n) is 5.64. The number of halogens is 1. The highest BCUT2D eigenvalue weighted by molar-refractivity contribution is 7.52. The van der Waals surface area contributed by atoms with Crippen LogP contribution in [0.15, 0.2) is 48.8 Å². The number of rotatable bonds is 9. The lowest BCUT2D eigenvalue weighted by molar-refractivity contribution is -0.208. The summed E-state index contributed by atoms with van der Waals surface area (Å²) in [6.07, 6.45) is -3.48. The number of hydrogen-bond acceptors (Lipinski definition) is 11. The highest BCUT2D eigenvalue weighted by Gasteiger charge is 2.66. The van der Waals surface area contributed by atoms with Gasteiger partial charge in [-0.3, -0.25) is 9.32 Å². The lowest BCUT2D eigenvalue weighted by Gasteiger charge is -2.28. The van der Waals surface area contributed by atoms with E-state index in [1.54, 1.807) is 12.1 Å². The zero-order valence-electron chi connectivity index (χ0n) is 19.1. The second kappa shape index (κ2) is 9.67. The van der Waals surface area contributed by atoms with Crippen LogP contribution in [0.25, 0.3) is 5.52 Å². The molecular weight excluding hydrogens is 514 g/mol. The van der Waals surface area contributed by atoms with E-state index in [9.17, 15) is 29.9 Å². The summed E-state index contributed by atoms with van der Waals surface area (Å²) in [6, 6.07) is 10.4. The number of ether oxygens (including phenoxy) is 1. The van der Waals surface area contributed by atoms with Gasteiger partial charge in [0.2, 0.25) is 5.60 Å². The maximum absolute atomic E-state index is 16.0. The lowest BCUT2D eigenvalue weighted by Crippen LogP contribution is -2.44. The summed E-state index contributed by atoms with van der Waals surface area (Å²) in [5, 5.41) is 46.6. The molecule has 4 rings (SSSR count). The van der Waals surface area contributed by atoms with Crippen LogP contribution in [-0.2, 0) is 24.2 Å². The summed E-state index contributed by atoms with van der Waals surface area (Å²) >= 11 is 0. The Morgan fingerprint density at radius 2 is 2.05 bits per heavy atom. The number of nitrogen functional groups attached to an aromatic ring is 1. The predicted molar refractivity (Wildman–Crippen MR) is 122 cm³/mol. The molecular formula is C21H22FN6O8P. The Morgan fingerprint density at radius 1 is 1.35 bits per heavy atom. The maximum Gasteiger partial charge on any atom is 0.459 e. The topological polar surface area (TPSA) is 215 Å². The van der Waals surface area contributed by atoms with Crippen molar-refractivity contribution in [1.82, 2.24) is 19.7 Å². The van der Waals surface area contributed by atoms with Gasteiger partial charge in [-0.25, -0.2) is 18.5 Å². The zero-order chi connectivity index (χ0) is 27.0. The molecule has 196 valence electrons. The number of carboxylic acids is 1. The number of nitriles is 1. The summed E-state index contributed by atoms with van der Waals surface area (Å²) in [5.74, 6) is -4.69. The van der Waals surface area contributed by atoms with Gasteiger partial charge in [0.25, 0.3) is 5.85 Å². The number of fused-ring (bicyclic) bond motifs is 1. The Hall–Kier alpha value is -3.64. The van der Waals surface area contributed by atoms with Crippen molar-refractivity contribution in [3.8, 4) is 11.8 Å². The molecule has 1 aliphatic heterocycles. The van der Waals surface area contributed by atoms with Crippen LogP contribution in [0.4, 0.5) is 10.2 Å². The smallest absolute Gasteiger partial charge is 0.459 e. The number of nitrogens with zero attached hydrogens (tertiary/aromatic N) is 4. The van der Waals surface area contributed by atoms with Gasteiger partial charge in [0.05, 0.1) is 5.69 Å². The summed E-state index contributed by atoms with van der Waals surface area (Å²) in [7, 11) is -4.62. The van der Waals surface area contributed by atoms with Gasteiger partial charge >= 0.3 is 13.7 Å². The standard InChI is InChI=1S/C21H22FN6O8P/c1-12(19(31)32)27-37(33,35-13-5-3-2-4-6-13)34-10-21(22)17(30)16(29)20(9-23,36-21)15-8-7-14-18(24)25-11-26-28(14)15/h2-8,11-12,16-17,29-30H,10H2,1H3,(H,27,33)(H,31,32)(H2,24,25,26)/t12-,16-,17+,20+,21-,37?/m1/s1. The molecule has 0 amide bonds. The molecule has 16 heteroatoms. The molecule has 6 N–H and O–H groups in total. The molecule has 6 atom stereocenters. The Bertz CT molecular complexity index is 1400. The SMILES string of the molecule is C[C@@H](NP(=O)(OC[C@@]1(F)O[C@@](C#N)(c2ccc3c(N)ncnn23)[C@H](O)[C@@H]1O)Oc1ccccc1)C(=O)O. The molecule has 0 bridgehead atoms. The van der Waals surface area contributed by atoms with Crippen molar-refractivity contribution in [2.45, 2.75) is 36.6 Å². The number of aliphatic hydroxyl groups excluding tert-OH is 2. The van der Waals surface area contributed by atoms with Crippen LogP contribution >= 0.6 is 7.75 Å². The number of anilines is 1. The second-order valence-electron chi connectivity index (χ2n) is 8.15. The van der Waals surface area contributed by atoms with E-state index in [1.807, 2.05) is 0 Å². The molecule has 2 aromatic heterocycles. The number of aromatic nitrogens is 3. The molecule has 1 fully saturated rings. The number of alkyl halides is 1. The average molecular weight is 536 g/mol. The molecule has 3 heterocycles. The molecule has 37 heavy (non-hydrogen) atoms. The van der Waals surface area contributed by atoms with Crippen molar-refractivity contribution in [2.75, 3.05) is 12.3 Å². The zero-order valence-corrected chi connectivity index (χ0v) is 20.0. The minimum absolute atomic E-state index is 0.0000495. The first-order chi connectivity index (χ1) is 17.4. The quantitative estimate of drug-likeness (QED) is 0.239. The van der Waals surface area contributed by atoms with Crippen LogP contribution in [0.5, 0.6) is 5.75 Å². The highest BCUT2D eigenvalue weighted by atomic mass is 31.2. The fourth-order valence-electron chi connectivity index (χ4n) is 3.72. The fraction of sp³-hybridized carbons (Fsp3) is 0.333. The molecule has 14 nitrogen and oxygen atoms in total. The molecule has 3 aromatic rings. The first-order valence-electron chi connectivity index (χ1n) is 10.7. The summed E-state index contributed by atoms with van der Waals surface area (Å²) < 4.78 is 46.2. The van der Waals surface area contributed by atoms with Gasteiger partial charge in [-0.1, -0.05) is 18.2 Å². The molecule has 0 saturated carbocycles. The minimum Gasteiger partial charge on any atom is -0.480 e. The van der Waals surface area contributed by atoms with Crippen LogP contribution in [0.2, 0.25) is 0 Å². The van der Waals surface area contributed by atoms with Gasteiger partial charge in [0, 0.05) is 0 Å². The normalized spacial score (nSPS) is 27.9. The molecule has 0 aliphatic carbocycles. The van der Waals surface area contributed by atoms with Crippen LogP contribution in [0.1, 0.15) is 12.6 Å². The first kappa shape index (κ1) is 26.4. The Kier molecular flexibility index (Phi) is 6.91. The van der Waals surface area contributed by atoms with E-state index in [4.69, 9.17) is 19.5 Å². The fourth-order valence-corrected chi connectivity index (χ4v) is 5.23. The van der Waals surface area contributed by atoms with Crippen LogP contribution in [0.3, 0.4) is 0 Å². The van der Waals surface area contributed by atoms with E-state index < -0.39 is 50.0 Å². The number of para-hydroxylation sites is 1. The summed E-state index contributed by atoms with van der Waals surface area (Å²) in [4.78, 5) is 15.1. The van der Waals surface area contributed by atoms with Gasteiger partial charge in [-0.05, 0) is 31.2 Å². The number of benzene rings is 1. The number of aliphatic hydroxyl groups is 2. The molecule has 1 unspecified atom stereocenters. The van der Waals surface area contributed by atoms with E-state index in [2.05, 4.69) is 15.2 Å². The van der Waals surface area contributed by atoms with Gasteiger partial charge < -0.3 is 30.3 Å². The van der Waals surface area contributed by atoms with Crippen molar-refractivity contribution < 1.29 is 42.9 Å². The van der Waals surface area contributed by atoms with Crippen molar-refractivity contribution in [1.29, 1.82) is 5.26 Å². The summed E-state index contributed by atoms with van der Waals surface area (Å²) in [5.41, 5.74) is 3.33. The number of aliphatic carboxylic acids is 1. The Balaban J connectivity index is 1.65. The van der Waals surface area contributed by atoms with Crippen molar-refractivity contribution in [3.05, 3.63) is 54.5 Å². The van der Waals surface area contributed by atoms with Crippen LogP contribution in [-0.4, -0.2) is 66.6 Å². The van der Waals surface area contributed by atoms with E-state index >= 15 is 4.39 Å². The molecule has 1 saturated heterocycles. The number of carbonyl (C=O) groups is 1. The third-order valence-corrected chi connectivity index (χ3v) is 7.26. The Labute approximate surface area is 208 Å². The van der Waals surface area contributed by atoms with E-state index in [0.717, 1.165) is 17.8 Å².